The Morgan fingerprint density at radius 3 is 2.29 bits per heavy atom. The summed E-state index contributed by atoms with van der Waals surface area (Å²) in [7, 11) is 0. The van der Waals surface area contributed by atoms with Crippen molar-refractivity contribution < 1.29 is 9.84 Å². The average Bonchev–Trinajstić information content (AvgIpc) is 2.26. The third kappa shape index (κ3) is 3.43. The summed E-state index contributed by atoms with van der Waals surface area (Å²) in [5.74, 6) is 1.68. The highest BCUT2D eigenvalue weighted by molar-refractivity contribution is 4.86. The first-order valence-electron chi connectivity index (χ1n) is 7.08. The molecular weight excluding hydrogens is 214 g/mol. The number of hydrogen-bond donors (Lipinski definition) is 1. The normalized spacial score (nSPS) is 44.8. The molecule has 0 aromatic carbocycles. The molecule has 1 aliphatic heterocycles. The predicted octanol–water partition coefficient (Wildman–Crippen LogP) is 1.89. The number of ether oxygens (including phenoxy) is 1. The fourth-order valence-electron chi connectivity index (χ4n) is 3.68. The Morgan fingerprint density at radius 1 is 1.06 bits per heavy atom. The van der Waals surface area contributed by atoms with E-state index in [1.807, 2.05) is 0 Å². The van der Waals surface area contributed by atoms with E-state index in [4.69, 9.17) is 4.74 Å². The number of aliphatic hydroxyl groups excluding tert-OH is 1. The summed E-state index contributed by atoms with van der Waals surface area (Å²) in [6, 6.07) is 0.703. The molecule has 3 heteroatoms. The first kappa shape index (κ1) is 13.3. The van der Waals surface area contributed by atoms with E-state index in [9.17, 15) is 5.11 Å². The van der Waals surface area contributed by atoms with Gasteiger partial charge >= 0.3 is 0 Å². The lowest BCUT2D eigenvalue weighted by molar-refractivity contribution is -0.111. The zero-order valence-electron chi connectivity index (χ0n) is 11.4. The molecule has 0 amide bonds. The molecule has 0 bridgehead atoms. The van der Waals surface area contributed by atoms with E-state index in [1.165, 1.54) is 19.3 Å². The lowest BCUT2D eigenvalue weighted by atomic mass is 9.79. The molecule has 0 aromatic rings. The Hall–Kier alpha value is -0.120. The highest BCUT2D eigenvalue weighted by Crippen LogP contribution is 2.32. The number of aliphatic hydroxyl groups is 1. The maximum atomic E-state index is 9.28. The van der Waals surface area contributed by atoms with Crippen LogP contribution in [0.15, 0.2) is 0 Å². The Bertz CT molecular complexity index is 236. The van der Waals surface area contributed by atoms with Crippen molar-refractivity contribution in [1.29, 1.82) is 0 Å². The van der Waals surface area contributed by atoms with Crippen molar-refractivity contribution in [3.63, 3.8) is 0 Å². The summed E-state index contributed by atoms with van der Waals surface area (Å²) in [5, 5.41) is 9.28. The van der Waals surface area contributed by atoms with Crippen molar-refractivity contribution in [1.82, 2.24) is 4.90 Å². The third-order valence-corrected chi connectivity index (χ3v) is 4.23. The number of morpholine rings is 1. The molecule has 1 N–H and O–H groups in total. The second-order valence-corrected chi connectivity index (χ2v) is 6.28. The summed E-state index contributed by atoms with van der Waals surface area (Å²) in [4.78, 5) is 2.56. The minimum atomic E-state index is 0.0197. The molecule has 17 heavy (non-hydrogen) atoms. The van der Waals surface area contributed by atoms with E-state index in [0.29, 0.717) is 6.04 Å². The van der Waals surface area contributed by atoms with Crippen LogP contribution in [-0.2, 0) is 4.74 Å². The molecule has 0 spiro atoms. The highest BCUT2D eigenvalue weighted by Gasteiger charge is 2.33. The van der Waals surface area contributed by atoms with Crippen LogP contribution in [-0.4, -0.2) is 48.0 Å². The molecule has 3 nitrogen and oxygen atoms in total. The minimum Gasteiger partial charge on any atom is -0.394 e. The van der Waals surface area contributed by atoms with Gasteiger partial charge in [-0.25, -0.2) is 0 Å². The topological polar surface area (TPSA) is 32.7 Å². The monoisotopic (exact) mass is 241 g/mol. The molecule has 4 atom stereocenters. The quantitative estimate of drug-likeness (QED) is 0.801. The number of rotatable bonds is 2. The van der Waals surface area contributed by atoms with Gasteiger partial charge in [0.1, 0.15) is 0 Å². The SMILES string of the molecule is CC1CC(C)CC(N2CC(C)OC(CO)C2)C1. The van der Waals surface area contributed by atoms with E-state index < -0.39 is 0 Å². The van der Waals surface area contributed by atoms with Crippen LogP contribution in [0.5, 0.6) is 0 Å². The molecule has 4 unspecified atom stereocenters. The van der Waals surface area contributed by atoms with Gasteiger partial charge in [-0.15, -0.1) is 0 Å². The van der Waals surface area contributed by atoms with Crippen molar-refractivity contribution in [2.75, 3.05) is 19.7 Å². The van der Waals surface area contributed by atoms with E-state index in [-0.39, 0.29) is 18.8 Å². The van der Waals surface area contributed by atoms with Gasteiger partial charge in [0.25, 0.3) is 0 Å². The standard InChI is InChI=1S/C14H27NO2/c1-10-4-11(2)6-13(5-10)15-7-12(3)17-14(8-15)9-16/h10-14,16H,4-9H2,1-3H3. The largest absolute Gasteiger partial charge is 0.394 e. The number of nitrogens with zero attached hydrogens (tertiary/aromatic N) is 1. The van der Waals surface area contributed by atoms with E-state index in [2.05, 4.69) is 25.7 Å². The summed E-state index contributed by atoms with van der Waals surface area (Å²) in [6.45, 7) is 8.95. The van der Waals surface area contributed by atoms with E-state index in [1.54, 1.807) is 0 Å². The second-order valence-electron chi connectivity index (χ2n) is 6.28. The summed E-state index contributed by atoms with van der Waals surface area (Å²) in [6.07, 6.45) is 4.28. The van der Waals surface area contributed by atoms with Crippen molar-refractivity contribution in [3.8, 4) is 0 Å². The molecule has 1 saturated carbocycles. The first-order valence-corrected chi connectivity index (χ1v) is 7.08. The van der Waals surface area contributed by atoms with Gasteiger partial charge in [-0.3, -0.25) is 4.90 Å². The molecule has 2 fully saturated rings. The van der Waals surface area contributed by atoms with Crippen molar-refractivity contribution in [3.05, 3.63) is 0 Å². The molecule has 0 aromatic heterocycles. The van der Waals surface area contributed by atoms with Gasteiger partial charge in [0.2, 0.25) is 0 Å². The van der Waals surface area contributed by atoms with Crippen LogP contribution in [0.3, 0.4) is 0 Å². The molecular formula is C14H27NO2. The Morgan fingerprint density at radius 2 is 1.71 bits per heavy atom. The van der Waals surface area contributed by atoms with Crippen LogP contribution in [0.25, 0.3) is 0 Å². The van der Waals surface area contributed by atoms with Gasteiger partial charge in [0.15, 0.2) is 0 Å². The zero-order chi connectivity index (χ0) is 12.4. The van der Waals surface area contributed by atoms with Gasteiger partial charge in [-0.2, -0.15) is 0 Å². The molecule has 0 radical (unpaired) electrons. The Balaban J connectivity index is 1.95. The molecule has 2 aliphatic rings. The highest BCUT2D eigenvalue weighted by atomic mass is 16.5. The van der Waals surface area contributed by atoms with Crippen molar-refractivity contribution in [2.24, 2.45) is 11.8 Å². The van der Waals surface area contributed by atoms with Crippen molar-refractivity contribution in [2.45, 2.75) is 58.3 Å². The summed E-state index contributed by atoms with van der Waals surface area (Å²) in [5.41, 5.74) is 0. The lowest BCUT2D eigenvalue weighted by Crippen LogP contribution is -2.53. The van der Waals surface area contributed by atoms with Gasteiger partial charge in [0, 0.05) is 19.1 Å². The molecule has 1 saturated heterocycles. The Labute approximate surface area is 105 Å². The zero-order valence-corrected chi connectivity index (χ0v) is 11.4. The average molecular weight is 241 g/mol. The fraction of sp³-hybridized carbons (Fsp3) is 1.00. The van der Waals surface area contributed by atoms with Crippen LogP contribution < -0.4 is 0 Å². The second kappa shape index (κ2) is 5.68. The molecule has 1 aliphatic carbocycles. The van der Waals surface area contributed by atoms with Crippen molar-refractivity contribution >= 4 is 0 Å². The molecule has 1 heterocycles. The first-order chi connectivity index (χ1) is 8.08. The third-order valence-electron chi connectivity index (χ3n) is 4.23. The maximum Gasteiger partial charge on any atom is 0.0936 e. The van der Waals surface area contributed by atoms with Crippen LogP contribution in [0.1, 0.15) is 40.0 Å². The maximum absolute atomic E-state index is 9.28. The van der Waals surface area contributed by atoms with Crippen LogP contribution >= 0.6 is 0 Å². The molecule has 100 valence electrons. The van der Waals surface area contributed by atoms with Gasteiger partial charge in [-0.1, -0.05) is 13.8 Å². The fourth-order valence-corrected chi connectivity index (χ4v) is 3.68. The smallest absolute Gasteiger partial charge is 0.0936 e. The number of hydrogen-bond acceptors (Lipinski definition) is 3. The van der Waals surface area contributed by atoms with Gasteiger partial charge in [-0.05, 0) is 38.0 Å². The van der Waals surface area contributed by atoms with Crippen LogP contribution in [0.2, 0.25) is 0 Å². The van der Waals surface area contributed by atoms with Gasteiger partial charge < -0.3 is 9.84 Å². The van der Waals surface area contributed by atoms with E-state index >= 15 is 0 Å². The molecule has 2 rings (SSSR count). The van der Waals surface area contributed by atoms with Crippen LogP contribution in [0, 0.1) is 11.8 Å². The lowest BCUT2D eigenvalue weighted by Gasteiger charge is -2.44. The van der Waals surface area contributed by atoms with E-state index in [0.717, 1.165) is 24.9 Å². The predicted molar refractivity (Wildman–Crippen MR) is 69.0 cm³/mol. The van der Waals surface area contributed by atoms with Crippen LogP contribution in [0.4, 0.5) is 0 Å². The minimum absolute atomic E-state index is 0.0197. The summed E-state index contributed by atoms with van der Waals surface area (Å²) >= 11 is 0. The summed E-state index contributed by atoms with van der Waals surface area (Å²) < 4.78 is 5.72. The van der Waals surface area contributed by atoms with Gasteiger partial charge in [0.05, 0.1) is 18.8 Å². The Kier molecular flexibility index (Phi) is 4.45.